The number of hydrogen-bond donors (Lipinski definition) is 0. The van der Waals surface area contributed by atoms with Crippen molar-refractivity contribution in [3.05, 3.63) is 11.1 Å². The lowest BCUT2D eigenvalue weighted by Crippen LogP contribution is -1.91. The molecule has 0 unspecified atom stereocenters. The topological polar surface area (TPSA) is 0 Å². The first-order chi connectivity index (χ1) is 7.79. The lowest BCUT2D eigenvalue weighted by molar-refractivity contribution is 0.601. The molecule has 0 heteroatoms. The van der Waals surface area contributed by atoms with E-state index in [1.54, 1.807) is 11.1 Å². The van der Waals surface area contributed by atoms with Gasteiger partial charge in [-0.3, -0.25) is 0 Å². The van der Waals surface area contributed by atoms with Gasteiger partial charge in [-0.1, -0.05) is 70.9 Å². The minimum atomic E-state index is 1.26. The number of hydrogen-bond acceptors (Lipinski definition) is 0. The van der Waals surface area contributed by atoms with E-state index >= 15 is 0 Å². The van der Waals surface area contributed by atoms with Crippen LogP contribution in [-0.2, 0) is 0 Å². The highest BCUT2D eigenvalue weighted by molar-refractivity contribution is 5.13. The molecule has 16 heavy (non-hydrogen) atoms. The van der Waals surface area contributed by atoms with Gasteiger partial charge in [0.05, 0.1) is 0 Å². The van der Waals surface area contributed by atoms with Gasteiger partial charge in [-0.2, -0.15) is 0 Å². The summed E-state index contributed by atoms with van der Waals surface area (Å²) in [5.41, 5.74) is 3.47. The van der Waals surface area contributed by atoms with Crippen LogP contribution in [0.25, 0.3) is 0 Å². The summed E-state index contributed by atoms with van der Waals surface area (Å²) in [5, 5.41) is 0. The molecule has 0 saturated carbocycles. The fourth-order valence-electron chi connectivity index (χ4n) is 2.47. The molecule has 0 N–H and O–H groups in total. The molecule has 0 bridgehead atoms. The second-order valence-electron chi connectivity index (χ2n) is 4.79. The van der Waals surface area contributed by atoms with Crippen LogP contribution in [0.5, 0.6) is 0 Å². The Hall–Kier alpha value is -0.260. The van der Waals surface area contributed by atoms with Crippen molar-refractivity contribution < 1.29 is 0 Å². The Balaban J connectivity index is 3.75. The molecule has 0 radical (unpaired) electrons. The Morgan fingerprint density at radius 2 is 1.06 bits per heavy atom. The summed E-state index contributed by atoms with van der Waals surface area (Å²) in [7, 11) is 0. The maximum Gasteiger partial charge on any atom is -0.0318 e. The molecule has 0 aromatic carbocycles. The van der Waals surface area contributed by atoms with Crippen molar-refractivity contribution in [2.75, 3.05) is 0 Å². The highest BCUT2D eigenvalue weighted by Crippen LogP contribution is 2.21. The van der Waals surface area contributed by atoms with Gasteiger partial charge in [0.25, 0.3) is 0 Å². The van der Waals surface area contributed by atoms with Gasteiger partial charge in [-0.15, -0.1) is 0 Å². The van der Waals surface area contributed by atoms with Crippen LogP contribution >= 0.6 is 0 Å². The third kappa shape index (κ3) is 7.09. The molecule has 0 saturated heterocycles. The number of unbranched alkanes of at least 4 members (excludes halogenated alkanes) is 5. The lowest BCUT2D eigenvalue weighted by Gasteiger charge is -2.11. The maximum absolute atomic E-state index is 2.32. The number of rotatable bonds is 10. The molecule has 0 aliphatic heterocycles. The average molecular weight is 224 g/mol. The van der Waals surface area contributed by atoms with E-state index in [0.29, 0.717) is 0 Å². The summed E-state index contributed by atoms with van der Waals surface area (Å²) in [5.74, 6) is 0. The van der Waals surface area contributed by atoms with Crippen LogP contribution in [0.3, 0.4) is 0 Å². The zero-order valence-corrected chi connectivity index (χ0v) is 12.1. The van der Waals surface area contributed by atoms with Gasteiger partial charge in [0, 0.05) is 0 Å². The van der Waals surface area contributed by atoms with E-state index in [0.717, 1.165) is 0 Å². The molecular weight excluding hydrogens is 192 g/mol. The average Bonchev–Trinajstić information content (AvgIpc) is 2.32. The van der Waals surface area contributed by atoms with E-state index in [-0.39, 0.29) is 0 Å². The Morgan fingerprint density at radius 1 is 0.562 bits per heavy atom. The van der Waals surface area contributed by atoms with Crippen LogP contribution < -0.4 is 0 Å². The van der Waals surface area contributed by atoms with Crippen LogP contribution in [-0.4, -0.2) is 0 Å². The highest BCUT2D eigenvalue weighted by atomic mass is 14.1. The predicted molar refractivity (Wildman–Crippen MR) is 75.9 cm³/mol. The fraction of sp³-hybridized carbons (Fsp3) is 0.875. The molecule has 0 aromatic heterocycles. The van der Waals surface area contributed by atoms with Gasteiger partial charge in [0.2, 0.25) is 0 Å². The molecule has 0 spiro atoms. The third-order valence-corrected chi connectivity index (χ3v) is 3.61. The molecule has 0 amide bonds. The quantitative estimate of drug-likeness (QED) is 0.303. The first kappa shape index (κ1) is 15.7. The van der Waals surface area contributed by atoms with Crippen LogP contribution in [0, 0.1) is 0 Å². The summed E-state index contributed by atoms with van der Waals surface area (Å²) in [6.45, 7) is 9.20. The van der Waals surface area contributed by atoms with Gasteiger partial charge >= 0.3 is 0 Å². The van der Waals surface area contributed by atoms with Gasteiger partial charge in [-0.25, -0.2) is 0 Å². The maximum atomic E-state index is 2.32. The molecule has 0 aromatic rings. The Labute approximate surface area is 104 Å². The molecule has 0 aliphatic rings. The van der Waals surface area contributed by atoms with Gasteiger partial charge in [-0.05, 0) is 32.1 Å². The summed E-state index contributed by atoms with van der Waals surface area (Å²) in [6, 6.07) is 0. The third-order valence-electron chi connectivity index (χ3n) is 3.61. The second kappa shape index (κ2) is 11.2. The van der Waals surface area contributed by atoms with Crippen molar-refractivity contribution >= 4 is 0 Å². The molecule has 0 heterocycles. The highest BCUT2D eigenvalue weighted by Gasteiger charge is 2.01. The summed E-state index contributed by atoms with van der Waals surface area (Å²) >= 11 is 0. The fourth-order valence-corrected chi connectivity index (χ4v) is 2.47. The van der Waals surface area contributed by atoms with E-state index in [1.165, 1.54) is 64.2 Å². The minimum absolute atomic E-state index is 1.26. The van der Waals surface area contributed by atoms with Crippen molar-refractivity contribution in [2.24, 2.45) is 0 Å². The van der Waals surface area contributed by atoms with Crippen molar-refractivity contribution in [1.29, 1.82) is 0 Å². The zero-order valence-electron chi connectivity index (χ0n) is 12.1. The molecule has 0 atom stereocenters. The van der Waals surface area contributed by atoms with Crippen molar-refractivity contribution in [1.82, 2.24) is 0 Å². The van der Waals surface area contributed by atoms with E-state index in [1.807, 2.05) is 0 Å². The Bertz CT molecular complexity index is 170. The van der Waals surface area contributed by atoms with E-state index in [2.05, 4.69) is 27.7 Å². The van der Waals surface area contributed by atoms with Crippen LogP contribution in [0.4, 0.5) is 0 Å². The molecule has 96 valence electrons. The van der Waals surface area contributed by atoms with Crippen molar-refractivity contribution in [3.8, 4) is 0 Å². The van der Waals surface area contributed by atoms with Crippen LogP contribution in [0.1, 0.15) is 91.9 Å². The molecule has 0 nitrogen and oxygen atoms in total. The van der Waals surface area contributed by atoms with Crippen LogP contribution in [0.2, 0.25) is 0 Å². The summed E-state index contributed by atoms with van der Waals surface area (Å²) < 4.78 is 0. The second-order valence-corrected chi connectivity index (χ2v) is 4.79. The Morgan fingerprint density at radius 3 is 1.56 bits per heavy atom. The smallest absolute Gasteiger partial charge is 0.0318 e. The Kier molecular flexibility index (Phi) is 11.0. The minimum Gasteiger partial charge on any atom is -0.0716 e. The van der Waals surface area contributed by atoms with Gasteiger partial charge in [0.15, 0.2) is 0 Å². The lowest BCUT2D eigenvalue weighted by atomic mass is 9.96. The standard InChI is InChI=1S/C16H32/c1-5-9-10-11-12-13-14-16(8-4)15(6-2)7-3/h5-14H2,1-4H3. The van der Waals surface area contributed by atoms with Gasteiger partial charge in [0.1, 0.15) is 0 Å². The largest absolute Gasteiger partial charge is 0.0716 e. The van der Waals surface area contributed by atoms with Gasteiger partial charge < -0.3 is 0 Å². The van der Waals surface area contributed by atoms with E-state index in [9.17, 15) is 0 Å². The summed E-state index contributed by atoms with van der Waals surface area (Å²) in [6.07, 6.45) is 13.7. The SMILES string of the molecule is CCCCCCCCC(CC)=C(CC)CC. The van der Waals surface area contributed by atoms with Crippen LogP contribution in [0.15, 0.2) is 11.1 Å². The van der Waals surface area contributed by atoms with Crippen molar-refractivity contribution in [2.45, 2.75) is 91.9 Å². The first-order valence-electron chi connectivity index (χ1n) is 7.49. The zero-order chi connectivity index (χ0) is 12.2. The first-order valence-corrected chi connectivity index (χ1v) is 7.49. The number of allylic oxidation sites excluding steroid dienone is 2. The summed E-state index contributed by atoms with van der Waals surface area (Å²) in [4.78, 5) is 0. The molecule has 0 aliphatic carbocycles. The van der Waals surface area contributed by atoms with Crippen molar-refractivity contribution in [3.63, 3.8) is 0 Å². The molecular formula is C16H32. The van der Waals surface area contributed by atoms with E-state index in [4.69, 9.17) is 0 Å². The normalized spacial score (nSPS) is 10.5. The predicted octanol–water partition coefficient (Wildman–Crippen LogP) is 6.26. The van der Waals surface area contributed by atoms with E-state index < -0.39 is 0 Å². The molecule has 0 fully saturated rings. The molecule has 0 rings (SSSR count). The monoisotopic (exact) mass is 224 g/mol.